The summed E-state index contributed by atoms with van der Waals surface area (Å²) in [5, 5.41) is 3.95. The zero-order valence-electron chi connectivity index (χ0n) is 14.8. The number of aryl methyl sites for hydroxylation is 2. The second-order valence-corrected chi connectivity index (χ2v) is 7.72. The van der Waals surface area contributed by atoms with Crippen molar-refractivity contribution in [3.8, 4) is 0 Å². The molecule has 2 amide bonds. The highest BCUT2D eigenvalue weighted by atomic mass is 32.2. The van der Waals surface area contributed by atoms with E-state index in [-0.39, 0.29) is 18.1 Å². The number of carbonyl (C=O) groups is 2. The molecule has 0 aliphatic heterocycles. The Balaban J connectivity index is 1.50. The van der Waals surface area contributed by atoms with E-state index < -0.39 is 5.91 Å². The highest BCUT2D eigenvalue weighted by Gasteiger charge is 2.17. The summed E-state index contributed by atoms with van der Waals surface area (Å²) in [5.41, 5.74) is 10.3. The Hall–Kier alpha value is -2.73. The van der Waals surface area contributed by atoms with Crippen LogP contribution in [0.15, 0.2) is 52.0 Å². The van der Waals surface area contributed by atoms with Gasteiger partial charge in [0.2, 0.25) is 11.8 Å². The number of anilines is 1. The number of para-hydroxylation sites is 1. The fourth-order valence-electron chi connectivity index (χ4n) is 3.50. The van der Waals surface area contributed by atoms with Gasteiger partial charge in [0.1, 0.15) is 5.58 Å². The lowest BCUT2D eigenvalue weighted by molar-refractivity contribution is -0.116. The van der Waals surface area contributed by atoms with Crippen LogP contribution in [0.25, 0.3) is 11.0 Å². The molecule has 1 aliphatic carbocycles. The summed E-state index contributed by atoms with van der Waals surface area (Å²) in [4.78, 5) is 24.4. The Bertz CT molecular complexity index is 1030. The number of hydrogen-bond donors (Lipinski definition) is 2. The number of amides is 2. The minimum absolute atomic E-state index is 0.120. The Morgan fingerprint density at radius 2 is 1.93 bits per heavy atom. The molecule has 0 bridgehead atoms. The third-order valence-corrected chi connectivity index (χ3v) is 5.85. The first kappa shape index (κ1) is 17.7. The summed E-state index contributed by atoms with van der Waals surface area (Å²) in [5.74, 6) is -0.339. The van der Waals surface area contributed by atoms with E-state index in [1.54, 1.807) is 6.26 Å². The number of carbonyl (C=O) groups excluding carboxylic acids is 2. The van der Waals surface area contributed by atoms with Gasteiger partial charge in [0.25, 0.3) is 0 Å². The van der Waals surface area contributed by atoms with Gasteiger partial charge in [-0.05, 0) is 54.7 Å². The number of hydrogen-bond acceptors (Lipinski definition) is 4. The molecular weight excluding hydrogens is 360 g/mol. The number of nitrogens with two attached hydrogens (primary N) is 1. The van der Waals surface area contributed by atoms with E-state index in [0.717, 1.165) is 34.3 Å². The number of furan rings is 1. The molecule has 0 radical (unpaired) electrons. The molecule has 0 spiro atoms. The van der Waals surface area contributed by atoms with Crippen molar-refractivity contribution in [2.45, 2.75) is 30.6 Å². The standard InChI is InChI=1S/C21H20N2O3S/c22-20(24)12-27-19-7-2-1-6-17(19)23-21(25)10-15-11-26-18-9-14-5-3-4-13(14)8-16(15)18/h1-2,6-9,11H,3-5,10,12H2,(H2,22,24)(H,23,25). The van der Waals surface area contributed by atoms with Crippen LogP contribution in [-0.2, 0) is 28.9 Å². The van der Waals surface area contributed by atoms with Crippen LogP contribution >= 0.6 is 11.8 Å². The van der Waals surface area contributed by atoms with Gasteiger partial charge >= 0.3 is 0 Å². The van der Waals surface area contributed by atoms with E-state index in [0.29, 0.717) is 5.69 Å². The van der Waals surface area contributed by atoms with Gasteiger partial charge in [0, 0.05) is 15.8 Å². The highest BCUT2D eigenvalue weighted by molar-refractivity contribution is 8.00. The van der Waals surface area contributed by atoms with E-state index >= 15 is 0 Å². The summed E-state index contributed by atoms with van der Waals surface area (Å²) in [7, 11) is 0. The summed E-state index contributed by atoms with van der Waals surface area (Å²) in [6.45, 7) is 0. The molecule has 0 fully saturated rings. The van der Waals surface area contributed by atoms with E-state index in [1.807, 2.05) is 24.3 Å². The maximum absolute atomic E-state index is 12.6. The lowest BCUT2D eigenvalue weighted by atomic mass is 10.0. The number of rotatable bonds is 6. The van der Waals surface area contributed by atoms with Crippen LogP contribution in [0.3, 0.4) is 0 Å². The van der Waals surface area contributed by atoms with Crippen molar-refractivity contribution in [2.24, 2.45) is 5.73 Å². The lowest BCUT2D eigenvalue weighted by Gasteiger charge is -2.10. The predicted octanol–water partition coefficient (Wildman–Crippen LogP) is 3.68. The second-order valence-electron chi connectivity index (χ2n) is 6.71. The molecule has 0 saturated carbocycles. The molecule has 3 N–H and O–H groups in total. The van der Waals surface area contributed by atoms with Crippen molar-refractivity contribution in [1.29, 1.82) is 0 Å². The number of nitrogens with one attached hydrogen (secondary N) is 1. The van der Waals surface area contributed by atoms with Crippen molar-refractivity contribution < 1.29 is 14.0 Å². The second kappa shape index (κ2) is 7.48. The van der Waals surface area contributed by atoms with Crippen LogP contribution in [0.4, 0.5) is 5.69 Å². The number of fused-ring (bicyclic) bond motifs is 2. The summed E-state index contributed by atoms with van der Waals surface area (Å²) in [6.07, 6.45) is 5.28. The Kier molecular flexibility index (Phi) is 4.90. The van der Waals surface area contributed by atoms with Gasteiger partial charge in [0.05, 0.1) is 24.1 Å². The van der Waals surface area contributed by atoms with Gasteiger partial charge < -0.3 is 15.5 Å². The van der Waals surface area contributed by atoms with Crippen molar-refractivity contribution in [1.82, 2.24) is 0 Å². The fourth-order valence-corrected chi connectivity index (χ4v) is 4.24. The smallest absolute Gasteiger partial charge is 0.228 e. The molecule has 138 valence electrons. The maximum Gasteiger partial charge on any atom is 0.228 e. The summed E-state index contributed by atoms with van der Waals surface area (Å²) in [6, 6.07) is 11.7. The average molecular weight is 380 g/mol. The van der Waals surface area contributed by atoms with E-state index in [9.17, 15) is 9.59 Å². The number of thioether (sulfide) groups is 1. The van der Waals surface area contributed by atoms with Crippen molar-refractivity contribution in [3.63, 3.8) is 0 Å². The van der Waals surface area contributed by atoms with Crippen molar-refractivity contribution in [3.05, 3.63) is 59.4 Å². The van der Waals surface area contributed by atoms with Gasteiger partial charge in [0.15, 0.2) is 0 Å². The van der Waals surface area contributed by atoms with E-state index in [1.165, 1.54) is 29.3 Å². The molecule has 0 unspecified atom stereocenters. The Morgan fingerprint density at radius 3 is 2.74 bits per heavy atom. The predicted molar refractivity (Wildman–Crippen MR) is 107 cm³/mol. The molecule has 27 heavy (non-hydrogen) atoms. The normalized spacial score (nSPS) is 12.9. The van der Waals surface area contributed by atoms with Gasteiger partial charge in [-0.15, -0.1) is 11.8 Å². The first-order valence-corrected chi connectivity index (χ1v) is 9.90. The zero-order valence-corrected chi connectivity index (χ0v) is 15.6. The monoisotopic (exact) mass is 380 g/mol. The fraction of sp³-hybridized carbons (Fsp3) is 0.238. The number of primary amides is 1. The third kappa shape index (κ3) is 3.85. The van der Waals surface area contributed by atoms with Crippen LogP contribution in [-0.4, -0.2) is 17.6 Å². The Morgan fingerprint density at radius 1 is 1.15 bits per heavy atom. The first-order chi connectivity index (χ1) is 13.1. The maximum atomic E-state index is 12.6. The minimum atomic E-state index is -0.390. The third-order valence-electron chi connectivity index (χ3n) is 4.75. The van der Waals surface area contributed by atoms with Crippen LogP contribution in [0.5, 0.6) is 0 Å². The zero-order chi connectivity index (χ0) is 18.8. The Labute approximate surface area is 161 Å². The van der Waals surface area contributed by atoms with Crippen LogP contribution in [0.2, 0.25) is 0 Å². The summed E-state index contributed by atoms with van der Waals surface area (Å²) < 4.78 is 5.68. The van der Waals surface area contributed by atoms with Crippen LogP contribution in [0.1, 0.15) is 23.1 Å². The molecule has 0 atom stereocenters. The van der Waals surface area contributed by atoms with Gasteiger partial charge in [-0.1, -0.05) is 12.1 Å². The first-order valence-electron chi connectivity index (χ1n) is 8.92. The van der Waals surface area contributed by atoms with Gasteiger partial charge in [-0.25, -0.2) is 0 Å². The van der Waals surface area contributed by atoms with E-state index in [4.69, 9.17) is 10.2 Å². The van der Waals surface area contributed by atoms with Gasteiger partial charge in [-0.2, -0.15) is 0 Å². The molecule has 1 aromatic heterocycles. The van der Waals surface area contributed by atoms with Crippen LogP contribution in [0, 0.1) is 0 Å². The molecule has 5 nitrogen and oxygen atoms in total. The largest absolute Gasteiger partial charge is 0.464 e. The molecule has 3 aromatic rings. The molecule has 4 rings (SSSR count). The van der Waals surface area contributed by atoms with E-state index in [2.05, 4.69) is 17.4 Å². The molecular formula is C21H20N2O3S. The lowest BCUT2D eigenvalue weighted by Crippen LogP contribution is -2.16. The average Bonchev–Trinajstić information content (AvgIpc) is 3.25. The van der Waals surface area contributed by atoms with Crippen LogP contribution < -0.4 is 11.1 Å². The molecule has 6 heteroatoms. The topological polar surface area (TPSA) is 85.3 Å². The SMILES string of the molecule is NC(=O)CSc1ccccc1NC(=O)Cc1coc2cc3c(cc12)CCC3. The van der Waals surface area contributed by atoms with Gasteiger partial charge in [-0.3, -0.25) is 9.59 Å². The molecule has 0 saturated heterocycles. The molecule has 2 aromatic carbocycles. The number of benzene rings is 2. The van der Waals surface area contributed by atoms with Crippen molar-refractivity contribution in [2.75, 3.05) is 11.1 Å². The minimum Gasteiger partial charge on any atom is -0.464 e. The summed E-state index contributed by atoms with van der Waals surface area (Å²) >= 11 is 1.31. The molecule has 1 heterocycles. The quantitative estimate of drug-likeness (QED) is 0.639. The highest BCUT2D eigenvalue weighted by Crippen LogP contribution is 2.31. The molecule has 1 aliphatic rings. The van der Waals surface area contributed by atoms with Crippen molar-refractivity contribution >= 4 is 40.2 Å².